The molecule has 10 nitrogen and oxygen atoms in total. The van der Waals surface area contributed by atoms with E-state index in [4.69, 9.17) is 14.6 Å². The van der Waals surface area contributed by atoms with E-state index in [0.29, 0.717) is 4.90 Å². The summed E-state index contributed by atoms with van der Waals surface area (Å²) < 4.78 is 10.3. The van der Waals surface area contributed by atoms with Crippen molar-refractivity contribution in [2.24, 2.45) is 0 Å². The zero-order valence-corrected chi connectivity index (χ0v) is 16.6. The summed E-state index contributed by atoms with van der Waals surface area (Å²) in [6.07, 6.45) is -1.79. The Hall–Kier alpha value is -2.36. The molecule has 1 rings (SSSR count). The van der Waals surface area contributed by atoms with Crippen LogP contribution < -0.4 is 10.6 Å². The van der Waals surface area contributed by atoms with Crippen molar-refractivity contribution >= 4 is 24.1 Å². The van der Waals surface area contributed by atoms with Crippen LogP contribution in [0, 0.1) is 0 Å². The van der Waals surface area contributed by atoms with Gasteiger partial charge >= 0.3 is 18.2 Å². The molecule has 3 N–H and O–H groups in total. The highest BCUT2D eigenvalue weighted by atomic mass is 16.6. The number of nitrogens with zero attached hydrogens (tertiary/aromatic N) is 1. The molecule has 1 aliphatic rings. The predicted molar refractivity (Wildman–Crippen MR) is 95.1 cm³/mol. The largest absolute Gasteiger partial charge is 0.480 e. The van der Waals surface area contributed by atoms with E-state index in [9.17, 15) is 19.2 Å². The van der Waals surface area contributed by atoms with Gasteiger partial charge in [0, 0.05) is 12.6 Å². The quantitative estimate of drug-likeness (QED) is 0.652. The molecule has 0 radical (unpaired) electrons. The third-order valence-electron chi connectivity index (χ3n) is 3.32. The summed E-state index contributed by atoms with van der Waals surface area (Å²) in [6, 6.07) is -1.17. The second-order valence-electron chi connectivity index (χ2n) is 8.35. The van der Waals surface area contributed by atoms with Crippen LogP contribution in [0.2, 0.25) is 0 Å². The van der Waals surface area contributed by atoms with Crippen LogP contribution in [0.15, 0.2) is 0 Å². The van der Waals surface area contributed by atoms with E-state index in [1.54, 1.807) is 41.5 Å². The van der Waals surface area contributed by atoms with Crippen LogP contribution in [-0.4, -0.2) is 70.4 Å². The maximum absolute atomic E-state index is 12.3. The highest BCUT2D eigenvalue weighted by molar-refractivity contribution is 5.93. The van der Waals surface area contributed by atoms with E-state index >= 15 is 0 Å². The molecule has 0 aromatic heterocycles. The normalized spacial score (nSPS) is 19.9. The summed E-state index contributed by atoms with van der Waals surface area (Å²) in [5.74, 6) is -1.62. The van der Waals surface area contributed by atoms with Gasteiger partial charge in [0.05, 0.1) is 0 Å². The zero-order chi connectivity index (χ0) is 21.0. The Bertz CT molecular complexity index is 564. The summed E-state index contributed by atoms with van der Waals surface area (Å²) in [4.78, 5) is 48.5. The number of hydrogen-bond acceptors (Lipinski definition) is 7. The van der Waals surface area contributed by atoms with Crippen LogP contribution in [0.4, 0.5) is 9.59 Å². The van der Waals surface area contributed by atoms with Gasteiger partial charge in [-0.2, -0.15) is 0 Å². The van der Waals surface area contributed by atoms with E-state index in [0.717, 1.165) is 0 Å². The van der Waals surface area contributed by atoms with Gasteiger partial charge in [0.25, 0.3) is 0 Å². The molecule has 1 fully saturated rings. The first-order valence-corrected chi connectivity index (χ1v) is 8.67. The Morgan fingerprint density at radius 1 is 1.04 bits per heavy atom. The van der Waals surface area contributed by atoms with E-state index in [1.165, 1.54) is 0 Å². The number of nitrogens with one attached hydrogen (secondary N) is 2. The highest BCUT2D eigenvalue weighted by Crippen LogP contribution is 2.14. The topological polar surface area (TPSA) is 134 Å². The molecule has 1 aliphatic heterocycles. The molecule has 0 aliphatic carbocycles. The van der Waals surface area contributed by atoms with E-state index in [-0.39, 0.29) is 13.0 Å². The number of carboxylic acid groups (broad SMARTS) is 1. The van der Waals surface area contributed by atoms with Gasteiger partial charge in [-0.25, -0.2) is 14.5 Å². The SMILES string of the molecule is CC(C)(C)OC(=O)N(CC(=O)N[C@H]1CN[C@H](C(=O)O)C1)C(=O)OC(C)(C)C. The number of hydrogen-bond donors (Lipinski definition) is 3. The Kier molecular flexibility index (Phi) is 7.18. The number of aliphatic carboxylic acids is 1. The third kappa shape index (κ3) is 8.25. The van der Waals surface area contributed by atoms with Crippen molar-refractivity contribution in [3.05, 3.63) is 0 Å². The standard InChI is InChI=1S/C17H29N3O7/c1-16(2,3)26-14(24)20(15(25)27-17(4,5)6)9-12(21)19-10-7-11(13(22)23)18-8-10/h10-11,18H,7-9H2,1-6H3,(H,19,21)(H,22,23)/t10-,11+/m1/s1. The second-order valence-corrected chi connectivity index (χ2v) is 8.35. The third-order valence-corrected chi connectivity index (χ3v) is 3.32. The van der Waals surface area contributed by atoms with E-state index in [1.807, 2.05) is 0 Å². The van der Waals surface area contributed by atoms with Gasteiger partial charge in [0.1, 0.15) is 23.8 Å². The monoisotopic (exact) mass is 387 g/mol. The van der Waals surface area contributed by atoms with Gasteiger partial charge in [-0.05, 0) is 48.0 Å². The number of carboxylic acids is 1. The summed E-state index contributed by atoms with van der Waals surface area (Å²) in [6.45, 7) is 9.48. The van der Waals surface area contributed by atoms with Crippen molar-refractivity contribution in [2.75, 3.05) is 13.1 Å². The lowest BCUT2D eigenvalue weighted by Gasteiger charge is -2.28. The van der Waals surface area contributed by atoms with Crippen molar-refractivity contribution in [3.63, 3.8) is 0 Å². The van der Waals surface area contributed by atoms with Crippen molar-refractivity contribution in [3.8, 4) is 0 Å². The Balaban J connectivity index is 2.77. The van der Waals surface area contributed by atoms with Gasteiger partial charge in [-0.3, -0.25) is 9.59 Å². The van der Waals surface area contributed by atoms with Gasteiger partial charge in [-0.15, -0.1) is 0 Å². The number of imide groups is 1. The zero-order valence-electron chi connectivity index (χ0n) is 16.6. The molecule has 3 amide bonds. The molecule has 1 saturated heterocycles. The molecule has 2 atom stereocenters. The van der Waals surface area contributed by atoms with Gasteiger partial charge in [0.2, 0.25) is 5.91 Å². The lowest BCUT2D eigenvalue weighted by atomic mass is 10.2. The van der Waals surface area contributed by atoms with Gasteiger partial charge < -0.3 is 25.2 Å². The first-order chi connectivity index (χ1) is 12.2. The molecular weight excluding hydrogens is 358 g/mol. The fourth-order valence-electron chi connectivity index (χ4n) is 2.29. The molecule has 0 aromatic carbocycles. The summed E-state index contributed by atoms with van der Waals surface area (Å²) >= 11 is 0. The predicted octanol–water partition coefficient (Wildman–Crippen LogP) is 1.09. The molecule has 0 bridgehead atoms. The van der Waals surface area contributed by atoms with E-state index < -0.39 is 53.9 Å². The molecule has 27 heavy (non-hydrogen) atoms. The molecule has 0 spiro atoms. The highest BCUT2D eigenvalue weighted by Gasteiger charge is 2.34. The van der Waals surface area contributed by atoms with Crippen LogP contribution in [-0.2, 0) is 19.1 Å². The number of carbonyl (C=O) groups excluding carboxylic acids is 3. The molecule has 10 heteroatoms. The molecule has 0 saturated carbocycles. The van der Waals surface area contributed by atoms with Crippen LogP contribution in [0.5, 0.6) is 0 Å². The Morgan fingerprint density at radius 3 is 1.89 bits per heavy atom. The minimum Gasteiger partial charge on any atom is -0.480 e. The maximum Gasteiger partial charge on any atom is 0.420 e. The van der Waals surface area contributed by atoms with E-state index in [2.05, 4.69) is 10.6 Å². The number of amides is 3. The van der Waals surface area contributed by atoms with Crippen LogP contribution >= 0.6 is 0 Å². The molecule has 0 unspecified atom stereocenters. The Morgan fingerprint density at radius 2 is 1.52 bits per heavy atom. The van der Waals surface area contributed by atoms with Crippen molar-refractivity contribution < 1.29 is 33.8 Å². The fourth-order valence-corrected chi connectivity index (χ4v) is 2.29. The van der Waals surface area contributed by atoms with Gasteiger partial charge in [-0.1, -0.05) is 0 Å². The first-order valence-electron chi connectivity index (χ1n) is 8.67. The van der Waals surface area contributed by atoms with Gasteiger partial charge in [0.15, 0.2) is 0 Å². The molecule has 154 valence electrons. The minimum absolute atomic E-state index is 0.208. The first kappa shape index (κ1) is 22.7. The number of ether oxygens (including phenoxy) is 2. The second kappa shape index (κ2) is 8.55. The van der Waals surface area contributed by atoms with Crippen LogP contribution in [0.3, 0.4) is 0 Å². The maximum atomic E-state index is 12.3. The lowest BCUT2D eigenvalue weighted by molar-refractivity contribution is -0.139. The lowest BCUT2D eigenvalue weighted by Crippen LogP contribution is -2.49. The fraction of sp³-hybridized carbons (Fsp3) is 0.765. The van der Waals surface area contributed by atoms with Crippen molar-refractivity contribution in [1.82, 2.24) is 15.5 Å². The minimum atomic E-state index is -1.00. The van der Waals surface area contributed by atoms with Crippen molar-refractivity contribution in [2.45, 2.75) is 71.2 Å². The number of rotatable bonds is 4. The van der Waals surface area contributed by atoms with Crippen molar-refractivity contribution in [1.29, 1.82) is 0 Å². The smallest absolute Gasteiger partial charge is 0.420 e. The summed E-state index contributed by atoms with van der Waals surface area (Å²) in [5, 5.41) is 14.3. The molecule has 0 aromatic rings. The average molecular weight is 387 g/mol. The Labute approximate surface area is 158 Å². The average Bonchev–Trinajstić information content (AvgIpc) is 2.89. The number of carbonyl (C=O) groups is 4. The van der Waals surface area contributed by atoms with Crippen LogP contribution in [0.1, 0.15) is 48.0 Å². The summed E-state index contributed by atoms with van der Waals surface area (Å²) in [5.41, 5.74) is -1.73. The molecular formula is C17H29N3O7. The van der Waals surface area contributed by atoms with Crippen LogP contribution in [0.25, 0.3) is 0 Å². The molecule has 1 heterocycles. The summed E-state index contributed by atoms with van der Waals surface area (Å²) in [7, 11) is 0.